The van der Waals surface area contributed by atoms with Crippen molar-refractivity contribution in [3.8, 4) is 11.5 Å². The van der Waals surface area contributed by atoms with Crippen LogP contribution >= 0.6 is 11.6 Å². The molecule has 2 aromatic rings. The van der Waals surface area contributed by atoms with Crippen molar-refractivity contribution in [2.75, 3.05) is 20.3 Å². The smallest absolute Gasteiger partial charge is 0.137 e. The maximum atomic E-state index is 6.23. The number of hydrogen-bond acceptors (Lipinski definition) is 3. The van der Waals surface area contributed by atoms with Gasteiger partial charge >= 0.3 is 0 Å². The molecule has 2 rings (SSSR count). The average Bonchev–Trinajstić information content (AvgIpc) is 2.55. The number of ether oxygens (including phenoxy) is 2. The van der Waals surface area contributed by atoms with Crippen LogP contribution in [0.4, 0.5) is 0 Å². The molecule has 1 unspecified atom stereocenters. The first-order valence-corrected chi connectivity index (χ1v) is 8.22. The molecule has 0 aliphatic carbocycles. The molecular formula is C19H24ClNO2. The van der Waals surface area contributed by atoms with E-state index in [1.165, 1.54) is 5.56 Å². The lowest BCUT2D eigenvalue weighted by molar-refractivity contribution is 0.334. The van der Waals surface area contributed by atoms with Gasteiger partial charge < -0.3 is 15.2 Å². The number of halogens is 1. The zero-order valence-electron chi connectivity index (χ0n) is 13.9. The van der Waals surface area contributed by atoms with Crippen molar-refractivity contribution in [3.05, 3.63) is 58.1 Å². The van der Waals surface area contributed by atoms with Crippen molar-refractivity contribution in [2.24, 2.45) is 5.73 Å². The van der Waals surface area contributed by atoms with Gasteiger partial charge in [-0.1, -0.05) is 35.4 Å². The van der Waals surface area contributed by atoms with Crippen LogP contribution in [0.25, 0.3) is 0 Å². The number of aryl methyl sites for hydroxylation is 1. The molecule has 23 heavy (non-hydrogen) atoms. The maximum Gasteiger partial charge on any atom is 0.137 e. The molecule has 0 aliphatic heterocycles. The third kappa shape index (κ3) is 4.40. The summed E-state index contributed by atoms with van der Waals surface area (Å²) >= 11 is 6.23. The van der Waals surface area contributed by atoms with E-state index in [0.29, 0.717) is 23.9 Å². The highest BCUT2D eigenvalue weighted by Gasteiger charge is 2.17. The van der Waals surface area contributed by atoms with Crippen LogP contribution in [0.1, 0.15) is 29.5 Å². The second-order valence-corrected chi connectivity index (χ2v) is 5.99. The third-order valence-corrected chi connectivity index (χ3v) is 4.18. The molecule has 2 aromatic carbocycles. The molecule has 3 nitrogen and oxygen atoms in total. The number of methoxy groups -OCH3 is 1. The van der Waals surface area contributed by atoms with Crippen molar-refractivity contribution in [1.82, 2.24) is 0 Å². The summed E-state index contributed by atoms with van der Waals surface area (Å²) in [6.45, 7) is 5.26. The van der Waals surface area contributed by atoms with Crippen LogP contribution in [0.3, 0.4) is 0 Å². The molecule has 2 N–H and O–H groups in total. The fourth-order valence-electron chi connectivity index (χ4n) is 2.72. The molecular weight excluding hydrogens is 310 g/mol. The third-order valence-electron chi connectivity index (χ3n) is 3.89. The molecule has 0 radical (unpaired) electrons. The largest absolute Gasteiger partial charge is 0.495 e. The summed E-state index contributed by atoms with van der Waals surface area (Å²) in [7, 11) is 1.62. The molecule has 4 heteroatoms. The molecule has 0 aromatic heterocycles. The molecule has 0 spiro atoms. The lowest BCUT2D eigenvalue weighted by atomic mass is 9.90. The summed E-state index contributed by atoms with van der Waals surface area (Å²) in [5.74, 6) is 1.78. The van der Waals surface area contributed by atoms with Crippen LogP contribution in [-0.2, 0) is 6.42 Å². The zero-order chi connectivity index (χ0) is 16.8. The second kappa shape index (κ2) is 8.23. The highest BCUT2D eigenvalue weighted by atomic mass is 35.5. The monoisotopic (exact) mass is 333 g/mol. The quantitative estimate of drug-likeness (QED) is 0.819. The maximum absolute atomic E-state index is 6.23. The fraction of sp³-hybridized carbons (Fsp3) is 0.368. The van der Waals surface area contributed by atoms with Crippen LogP contribution in [0.15, 0.2) is 36.4 Å². The second-order valence-electron chi connectivity index (χ2n) is 5.58. The minimum atomic E-state index is 0.181. The van der Waals surface area contributed by atoms with Crippen molar-refractivity contribution < 1.29 is 9.47 Å². The van der Waals surface area contributed by atoms with Gasteiger partial charge in [-0.3, -0.25) is 0 Å². The first-order chi connectivity index (χ1) is 11.1. The van der Waals surface area contributed by atoms with Crippen LogP contribution in [-0.4, -0.2) is 20.3 Å². The first kappa shape index (κ1) is 17.6. The van der Waals surface area contributed by atoms with E-state index in [1.54, 1.807) is 7.11 Å². The Morgan fingerprint density at radius 1 is 1.13 bits per heavy atom. The van der Waals surface area contributed by atoms with Crippen molar-refractivity contribution >= 4 is 11.6 Å². The molecule has 0 saturated carbocycles. The Morgan fingerprint density at radius 2 is 1.87 bits per heavy atom. The summed E-state index contributed by atoms with van der Waals surface area (Å²) in [4.78, 5) is 0. The Kier molecular flexibility index (Phi) is 6.31. The normalized spacial score (nSPS) is 12.0. The summed E-state index contributed by atoms with van der Waals surface area (Å²) in [5, 5.41) is 0.620. The van der Waals surface area contributed by atoms with Gasteiger partial charge in [-0.05, 0) is 56.1 Å². The van der Waals surface area contributed by atoms with Crippen molar-refractivity contribution in [2.45, 2.75) is 26.2 Å². The number of hydrogen-bond donors (Lipinski definition) is 1. The minimum Gasteiger partial charge on any atom is -0.495 e. The Morgan fingerprint density at radius 3 is 2.48 bits per heavy atom. The van der Waals surface area contributed by atoms with E-state index in [1.807, 2.05) is 31.2 Å². The first-order valence-electron chi connectivity index (χ1n) is 7.84. The Labute approximate surface area is 143 Å². The molecule has 0 bridgehead atoms. The van der Waals surface area contributed by atoms with Gasteiger partial charge in [0.15, 0.2) is 0 Å². The van der Waals surface area contributed by atoms with Crippen LogP contribution < -0.4 is 15.2 Å². The van der Waals surface area contributed by atoms with E-state index >= 15 is 0 Å². The van der Waals surface area contributed by atoms with Gasteiger partial charge in [0.2, 0.25) is 0 Å². The van der Waals surface area contributed by atoms with Gasteiger partial charge in [0.25, 0.3) is 0 Å². The topological polar surface area (TPSA) is 44.5 Å². The SMILES string of the molecule is CCOc1ccc(C)cc1C(CN)Cc1ccc(OC)c(Cl)c1. The summed E-state index contributed by atoms with van der Waals surface area (Å²) in [6, 6.07) is 12.1. The molecule has 0 aliphatic rings. The van der Waals surface area contributed by atoms with Gasteiger partial charge in [-0.2, -0.15) is 0 Å². The highest BCUT2D eigenvalue weighted by molar-refractivity contribution is 6.32. The standard InChI is InChI=1S/C19H24ClNO2/c1-4-23-18-7-5-13(2)9-16(18)15(12-21)10-14-6-8-19(22-3)17(20)11-14/h5-9,11,15H,4,10,12,21H2,1-3H3. The van der Waals surface area contributed by atoms with E-state index < -0.39 is 0 Å². The van der Waals surface area contributed by atoms with Gasteiger partial charge in [-0.15, -0.1) is 0 Å². The van der Waals surface area contributed by atoms with E-state index in [2.05, 4.69) is 19.1 Å². The minimum absolute atomic E-state index is 0.181. The van der Waals surface area contributed by atoms with Crippen molar-refractivity contribution in [3.63, 3.8) is 0 Å². The Balaban J connectivity index is 2.29. The number of benzene rings is 2. The average molecular weight is 334 g/mol. The Hall–Kier alpha value is -1.71. The van der Waals surface area contributed by atoms with Crippen LogP contribution in [0.5, 0.6) is 11.5 Å². The number of rotatable bonds is 7. The molecule has 0 heterocycles. The molecule has 0 amide bonds. The lowest BCUT2D eigenvalue weighted by Crippen LogP contribution is -2.16. The predicted octanol–water partition coefficient (Wildman–Crippen LogP) is 4.34. The molecule has 124 valence electrons. The highest BCUT2D eigenvalue weighted by Crippen LogP contribution is 2.32. The molecule has 0 saturated heterocycles. The predicted molar refractivity (Wildman–Crippen MR) is 95.9 cm³/mol. The lowest BCUT2D eigenvalue weighted by Gasteiger charge is -2.20. The summed E-state index contributed by atoms with van der Waals surface area (Å²) in [6.07, 6.45) is 0.809. The van der Waals surface area contributed by atoms with Gasteiger partial charge in [-0.25, -0.2) is 0 Å². The Bertz CT molecular complexity index is 658. The molecule has 1 atom stereocenters. The summed E-state index contributed by atoms with van der Waals surface area (Å²) in [5.41, 5.74) is 9.54. The van der Waals surface area contributed by atoms with Gasteiger partial charge in [0, 0.05) is 5.92 Å². The van der Waals surface area contributed by atoms with E-state index in [4.69, 9.17) is 26.8 Å². The van der Waals surface area contributed by atoms with E-state index in [0.717, 1.165) is 23.3 Å². The zero-order valence-corrected chi connectivity index (χ0v) is 14.7. The van der Waals surface area contributed by atoms with Gasteiger partial charge in [0.1, 0.15) is 11.5 Å². The van der Waals surface area contributed by atoms with Crippen LogP contribution in [0, 0.1) is 6.92 Å². The van der Waals surface area contributed by atoms with Crippen LogP contribution in [0.2, 0.25) is 5.02 Å². The molecule has 0 fully saturated rings. The van der Waals surface area contributed by atoms with E-state index in [9.17, 15) is 0 Å². The summed E-state index contributed by atoms with van der Waals surface area (Å²) < 4.78 is 11.0. The van der Waals surface area contributed by atoms with Crippen molar-refractivity contribution in [1.29, 1.82) is 0 Å². The number of nitrogens with two attached hydrogens (primary N) is 1. The van der Waals surface area contributed by atoms with E-state index in [-0.39, 0.29) is 5.92 Å². The van der Waals surface area contributed by atoms with Gasteiger partial charge in [0.05, 0.1) is 18.7 Å². The fourth-order valence-corrected chi connectivity index (χ4v) is 3.00.